The second kappa shape index (κ2) is 5.05. The number of rotatable bonds is 2. The molecule has 0 saturated carbocycles. The van der Waals surface area contributed by atoms with Crippen LogP contribution in [0.15, 0.2) is 36.5 Å². The number of carbonyl (C=O) groups excluding carboxylic acids is 1. The number of aryl methyl sites for hydroxylation is 2. The number of aromatic amines is 1. The summed E-state index contributed by atoms with van der Waals surface area (Å²) in [4.78, 5) is 11.7. The summed E-state index contributed by atoms with van der Waals surface area (Å²) in [5.41, 5.74) is 6.31. The van der Waals surface area contributed by atoms with Gasteiger partial charge in [0.2, 0.25) is 0 Å². The Labute approximate surface area is 123 Å². The molecule has 0 aliphatic heterocycles. The number of aromatic nitrogens is 2. The lowest BCUT2D eigenvalue weighted by molar-refractivity contribution is 0.0963. The molecule has 0 bridgehead atoms. The first-order valence-corrected chi connectivity index (χ1v) is 6.87. The van der Waals surface area contributed by atoms with Crippen LogP contribution in [0.2, 0.25) is 0 Å². The van der Waals surface area contributed by atoms with E-state index in [-0.39, 0.29) is 5.91 Å². The summed E-state index contributed by atoms with van der Waals surface area (Å²) in [6, 6.07) is 9.93. The fourth-order valence-electron chi connectivity index (χ4n) is 2.70. The highest BCUT2D eigenvalue weighted by Gasteiger charge is 2.11. The number of carbonyl (C=O) groups is 1. The van der Waals surface area contributed by atoms with Gasteiger partial charge in [-0.15, -0.1) is 0 Å². The van der Waals surface area contributed by atoms with Crippen molar-refractivity contribution in [1.82, 2.24) is 15.5 Å². The maximum atomic E-state index is 11.7. The Morgan fingerprint density at radius 3 is 2.62 bits per heavy atom. The van der Waals surface area contributed by atoms with Crippen molar-refractivity contribution in [3.05, 3.63) is 53.2 Å². The Hall–Kier alpha value is -2.62. The van der Waals surface area contributed by atoms with Crippen molar-refractivity contribution in [1.29, 1.82) is 0 Å². The molecule has 0 fully saturated rings. The van der Waals surface area contributed by atoms with E-state index >= 15 is 0 Å². The Balaban J connectivity index is 2.14. The average Bonchev–Trinajstić information content (AvgIpc) is 2.97. The largest absolute Gasteiger partial charge is 0.355 e. The molecule has 4 nitrogen and oxygen atoms in total. The SMILES string of the molecule is CNC(=O)c1ccc(-c2ccc3[nH]ncc3c2C)c(C)c1. The van der Waals surface area contributed by atoms with Gasteiger partial charge in [0, 0.05) is 18.0 Å². The second-order valence-corrected chi connectivity index (χ2v) is 5.18. The lowest BCUT2D eigenvalue weighted by atomic mass is 9.93. The fraction of sp³-hybridized carbons (Fsp3) is 0.176. The molecule has 0 atom stereocenters. The van der Waals surface area contributed by atoms with Crippen LogP contribution >= 0.6 is 0 Å². The average molecular weight is 279 g/mol. The minimum atomic E-state index is -0.0633. The molecular formula is C17H17N3O. The zero-order chi connectivity index (χ0) is 15.0. The summed E-state index contributed by atoms with van der Waals surface area (Å²) in [6.45, 7) is 4.13. The van der Waals surface area contributed by atoms with Gasteiger partial charge in [0.05, 0.1) is 11.7 Å². The zero-order valence-electron chi connectivity index (χ0n) is 12.3. The van der Waals surface area contributed by atoms with Crippen molar-refractivity contribution in [2.45, 2.75) is 13.8 Å². The molecule has 2 aromatic carbocycles. The number of hydrogen-bond acceptors (Lipinski definition) is 2. The highest BCUT2D eigenvalue weighted by molar-refractivity contribution is 5.95. The van der Waals surface area contributed by atoms with Gasteiger partial charge in [-0.25, -0.2) is 0 Å². The number of fused-ring (bicyclic) bond motifs is 1. The van der Waals surface area contributed by atoms with E-state index in [9.17, 15) is 4.79 Å². The van der Waals surface area contributed by atoms with Crippen molar-refractivity contribution in [3.63, 3.8) is 0 Å². The predicted molar refractivity (Wildman–Crippen MR) is 84.4 cm³/mol. The molecule has 0 radical (unpaired) electrons. The van der Waals surface area contributed by atoms with E-state index in [1.807, 2.05) is 37.4 Å². The van der Waals surface area contributed by atoms with Gasteiger partial charge in [0.15, 0.2) is 0 Å². The normalized spacial score (nSPS) is 10.8. The molecule has 3 rings (SSSR count). The molecular weight excluding hydrogens is 262 g/mol. The van der Waals surface area contributed by atoms with Crippen LogP contribution in [0.5, 0.6) is 0 Å². The number of hydrogen-bond donors (Lipinski definition) is 2. The van der Waals surface area contributed by atoms with Crippen LogP contribution in [0.4, 0.5) is 0 Å². The van der Waals surface area contributed by atoms with Crippen LogP contribution in [-0.2, 0) is 0 Å². The van der Waals surface area contributed by atoms with Gasteiger partial charge in [0.1, 0.15) is 0 Å². The quantitative estimate of drug-likeness (QED) is 0.756. The van der Waals surface area contributed by atoms with Crippen molar-refractivity contribution < 1.29 is 4.79 Å². The van der Waals surface area contributed by atoms with Crippen molar-refractivity contribution in [2.24, 2.45) is 0 Å². The van der Waals surface area contributed by atoms with Crippen molar-refractivity contribution in [3.8, 4) is 11.1 Å². The molecule has 0 aliphatic rings. The third-order valence-corrected chi connectivity index (χ3v) is 3.90. The van der Waals surface area contributed by atoms with E-state index in [2.05, 4.69) is 28.5 Å². The van der Waals surface area contributed by atoms with E-state index in [1.54, 1.807) is 7.05 Å². The Bertz CT molecular complexity index is 833. The maximum Gasteiger partial charge on any atom is 0.251 e. The number of amides is 1. The third kappa shape index (κ3) is 2.18. The summed E-state index contributed by atoms with van der Waals surface area (Å²) >= 11 is 0. The summed E-state index contributed by atoms with van der Waals surface area (Å²) in [7, 11) is 1.64. The molecule has 21 heavy (non-hydrogen) atoms. The Morgan fingerprint density at radius 1 is 1.14 bits per heavy atom. The summed E-state index contributed by atoms with van der Waals surface area (Å²) in [6.07, 6.45) is 1.85. The van der Waals surface area contributed by atoms with Gasteiger partial charge >= 0.3 is 0 Å². The molecule has 0 spiro atoms. The van der Waals surface area contributed by atoms with Crippen LogP contribution < -0.4 is 5.32 Å². The first-order chi connectivity index (χ1) is 10.1. The molecule has 3 aromatic rings. The van der Waals surface area contributed by atoms with E-state index in [1.165, 1.54) is 11.1 Å². The minimum absolute atomic E-state index is 0.0633. The standard InChI is InChI=1S/C17H17N3O/c1-10-8-12(17(21)18-3)4-5-13(10)14-6-7-16-15(11(14)2)9-19-20-16/h4-9H,1-3H3,(H,18,21)(H,19,20). The van der Waals surface area contributed by atoms with E-state index < -0.39 is 0 Å². The lowest BCUT2D eigenvalue weighted by Gasteiger charge is -2.11. The molecule has 4 heteroatoms. The van der Waals surface area contributed by atoms with Crippen LogP contribution in [0.1, 0.15) is 21.5 Å². The minimum Gasteiger partial charge on any atom is -0.355 e. The van der Waals surface area contributed by atoms with Gasteiger partial charge in [-0.05, 0) is 54.3 Å². The van der Waals surface area contributed by atoms with E-state index in [0.717, 1.165) is 22.0 Å². The van der Waals surface area contributed by atoms with Crippen LogP contribution in [0.3, 0.4) is 0 Å². The molecule has 0 unspecified atom stereocenters. The smallest absolute Gasteiger partial charge is 0.251 e. The highest BCUT2D eigenvalue weighted by atomic mass is 16.1. The molecule has 1 heterocycles. The first kappa shape index (κ1) is 13.4. The van der Waals surface area contributed by atoms with Gasteiger partial charge in [-0.2, -0.15) is 5.10 Å². The summed E-state index contributed by atoms with van der Waals surface area (Å²) in [5, 5.41) is 10.8. The van der Waals surface area contributed by atoms with E-state index in [4.69, 9.17) is 0 Å². The number of H-pyrrole nitrogens is 1. The van der Waals surface area contributed by atoms with Crippen molar-refractivity contribution >= 4 is 16.8 Å². The number of benzene rings is 2. The maximum absolute atomic E-state index is 11.7. The summed E-state index contributed by atoms with van der Waals surface area (Å²) < 4.78 is 0. The first-order valence-electron chi connectivity index (χ1n) is 6.87. The van der Waals surface area contributed by atoms with Crippen molar-refractivity contribution in [2.75, 3.05) is 7.05 Å². The number of nitrogens with one attached hydrogen (secondary N) is 2. The van der Waals surface area contributed by atoms with Gasteiger partial charge in [0.25, 0.3) is 5.91 Å². The van der Waals surface area contributed by atoms with Crippen LogP contribution in [-0.4, -0.2) is 23.2 Å². The zero-order valence-corrected chi connectivity index (χ0v) is 12.3. The molecule has 0 aliphatic carbocycles. The number of nitrogens with zero attached hydrogens (tertiary/aromatic N) is 1. The highest BCUT2D eigenvalue weighted by Crippen LogP contribution is 2.31. The predicted octanol–water partition coefficient (Wildman–Crippen LogP) is 3.21. The molecule has 1 amide bonds. The summed E-state index contributed by atoms with van der Waals surface area (Å²) in [5.74, 6) is -0.0633. The Morgan fingerprint density at radius 2 is 1.90 bits per heavy atom. The molecule has 2 N–H and O–H groups in total. The molecule has 0 saturated heterocycles. The fourth-order valence-corrected chi connectivity index (χ4v) is 2.70. The van der Waals surface area contributed by atoms with Gasteiger partial charge < -0.3 is 5.32 Å². The van der Waals surface area contributed by atoms with Gasteiger partial charge in [-0.1, -0.05) is 12.1 Å². The van der Waals surface area contributed by atoms with Crippen LogP contribution in [0.25, 0.3) is 22.0 Å². The Kier molecular flexibility index (Phi) is 3.22. The lowest BCUT2D eigenvalue weighted by Crippen LogP contribution is -2.17. The third-order valence-electron chi connectivity index (χ3n) is 3.90. The van der Waals surface area contributed by atoms with E-state index in [0.29, 0.717) is 5.56 Å². The monoisotopic (exact) mass is 279 g/mol. The second-order valence-electron chi connectivity index (χ2n) is 5.18. The molecule has 106 valence electrons. The topological polar surface area (TPSA) is 57.8 Å². The molecule has 1 aromatic heterocycles. The van der Waals surface area contributed by atoms with Crippen LogP contribution in [0, 0.1) is 13.8 Å². The van der Waals surface area contributed by atoms with Gasteiger partial charge in [-0.3, -0.25) is 9.89 Å².